The van der Waals surface area contributed by atoms with Gasteiger partial charge in [-0.05, 0) is 31.0 Å². The molecular weight excluding hydrogens is 228 g/mol. The highest BCUT2D eigenvalue weighted by molar-refractivity contribution is 6.32. The quantitative estimate of drug-likeness (QED) is 0.636. The van der Waals surface area contributed by atoms with Gasteiger partial charge < -0.3 is 9.84 Å². The second-order valence-electron chi connectivity index (χ2n) is 3.31. The fraction of sp³-hybridized carbons (Fsp3) is 0.250. The van der Waals surface area contributed by atoms with Crippen molar-refractivity contribution in [2.75, 3.05) is 6.61 Å². The van der Waals surface area contributed by atoms with E-state index < -0.39 is 5.97 Å². The summed E-state index contributed by atoms with van der Waals surface area (Å²) in [7, 11) is 0. The largest absolute Gasteiger partial charge is 0.492 e. The van der Waals surface area contributed by atoms with Crippen LogP contribution in [0, 0.1) is 6.92 Å². The normalized spacial score (nSPS) is 10.6. The van der Waals surface area contributed by atoms with Crippen LogP contribution in [0.15, 0.2) is 30.4 Å². The summed E-state index contributed by atoms with van der Waals surface area (Å²) >= 11 is 5.92. The number of rotatable bonds is 5. The molecule has 0 spiro atoms. The zero-order valence-electron chi connectivity index (χ0n) is 8.94. The Kier molecular flexibility index (Phi) is 4.86. The molecule has 1 aromatic carbocycles. The van der Waals surface area contributed by atoms with E-state index in [1.165, 1.54) is 0 Å². The molecule has 0 saturated heterocycles. The molecule has 0 radical (unpaired) electrons. The minimum atomic E-state index is -0.950. The summed E-state index contributed by atoms with van der Waals surface area (Å²) in [6, 6.07) is 5.53. The first-order chi connectivity index (χ1) is 7.59. The third kappa shape index (κ3) is 4.36. The lowest BCUT2D eigenvalue weighted by Gasteiger charge is -2.07. The van der Waals surface area contributed by atoms with Crippen molar-refractivity contribution in [2.24, 2.45) is 0 Å². The van der Waals surface area contributed by atoms with E-state index >= 15 is 0 Å². The molecule has 0 amide bonds. The number of carbonyl (C=O) groups is 1. The van der Waals surface area contributed by atoms with Crippen molar-refractivity contribution in [3.05, 3.63) is 40.9 Å². The molecule has 0 aliphatic rings. The van der Waals surface area contributed by atoms with Gasteiger partial charge in [0.1, 0.15) is 5.75 Å². The molecule has 1 aromatic rings. The predicted molar refractivity (Wildman–Crippen MR) is 63.1 cm³/mol. The van der Waals surface area contributed by atoms with E-state index in [-0.39, 0.29) is 0 Å². The van der Waals surface area contributed by atoms with Crippen molar-refractivity contribution < 1.29 is 14.6 Å². The van der Waals surface area contributed by atoms with Gasteiger partial charge >= 0.3 is 5.97 Å². The number of benzene rings is 1. The number of hydrogen-bond acceptors (Lipinski definition) is 2. The molecule has 0 aliphatic heterocycles. The van der Waals surface area contributed by atoms with Crippen molar-refractivity contribution in [3.63, 3.8) is 0 Å². The lowest BCUT2D eigenvalue weighted by Crippen LogP contribution is -1.97. The maximum absolute atomic E-state index is 10.2. The Balaban J connectivity index is 2.43. The van der Waals surface area contributed by atoms with Gasteiger partial charge in [0.15, 0.2) is 0 Å². The van der Waals surface area contributed by atoms with Crippen molar-refractivity contribution in [1.29, 1.82) is 0 Å². The molecule has 0 unspecified atom stereocenters. The zero-order chi connectivity index (χ0) is 12.0. The highest BCUT2D eigenvalue weighted by Gasteiger charge is 2.00. The topological polar surface area (TPSA) is 46.5 Å². The molecule has 0 aromatic heterocycles. The van der Waals surface area contributed by atoms with Crippen LogP contribution in [0.5, 0.6) is 5.75 Å². The Labute approximate surface area is 99.3 Å². The van der Waals surface area contributed by atoms with Crippen molar-refractivity contribution in [2.45, 2.75) is 13.3 Å². The molecule has 0 atom stereocenters. The lowest BCUT2D eigenvalue weighted by molar-refractivity contribution is -0.131. The average molecular weight is 241 g/mol. The van der Waals surface area contributed by atoms with Crippen LogP contribution in [0.25, 0.3) is 0 Å². The van der Waals surface area contributed by atoms with E-state index in [9.17, 15) is 4.79 Å². The Bertz CT molecular complexity index is 399. The molecule has 4 heteroatoms. The Morgan fingerprint density at radius 1 is 1.56 bits per heavy atom. The minimum absolute atomic E-state index is 0.410. The molecule has 3 nitrogen and oxygen atoms in total. The lowest BCUT2D eigenvalue weighted by atomic mass is 10.2. The molecule has 0 aliphatic carbocycles. The summed E-state index contributed by atoms with van der Waals surface area (Å²) in [6.45, 7) is 2.36. The predicted octanol–water partition coefficient (Wildman–Crippen LogP) is 3.06. The van der Waals surface area contributed by atoms with Crippen LogP contribution in [0.2, 0.25) is 5.02 Å². The van der Waals surface area contributed by atoms with E-state index in [1.807, 2.05) is 19.1 Å². The Morgan fingerprint density at radius 3 is 3.00 bits per heavy atom. The smallest absolute Gasteiger partial charge is 0.327 e. The van der Waals surface area contributed by atoms with Gasteiger partial charge in [0.05, 0.1) is 11.6 Å². The molecule has 1 rings (SSSR count). The summed E-state index contributed by atoms with van der Waals surface area (Å²) in [5, 5.41) is 8.92. The van der Waals surface area contributed by atoms with Crippen LogP contribution in [0.3, 0.4) is 0 Å². The number of aryl methyl sites for hydroxylation is 1. The van der Waals surface area contributed by atoms with E-state index in [1.54, 1.807) is 12.1 Å². The maximum Gasteiger partial charge on any atom is 0.327 e. The minimum Gasteiger partial charge on any atom is -0.492 e. The third-order valence-electron chi connectivity index (χ3n) is 1.89. The van der Waals surface area contributed by atoms with Gasteiger partial charge in [-0.2, -0.15) is 0 Å². The summed E-state index contributed by atoms with van der Waals surface area (Å²) in [5.41, 5.74) is 1.07. The van der Waals surface area contributed by atoms with Gasteiger partial charge in [-0.3, -0.25) is 0 Å². The highest BCUT2D eigenvalue weighted by Crippen LogP contribution is 2.25. The first-order valence-electron chi connectivity index (χ1n) is 4.88. The molecular formula is C12H13ClO3. The fourth-order valence-corrected chi connectivity index (χ4v) is 1.31. The molecule has 1 N–H and O–H groups in total. The number of ether oxygens (including phenoxy) is 1. The van der Waals surface area contributed by atoms with E-state index in [4.69, 9.17) is 21.4 Å². The van der Waals surface area contributed by atoms with Crippen molar-refractivity contribution in [1.82, 2.24) is 0 Å². The number of carboxylic acids is 1. The third-order valence-corrected chi connectivity index (χ3v) is 2.20. The number of halogens is 1. The first kappa shape index (κ1) is 12.6. The van der Waals surface area contributed by atoms with Gasteiger partial charge in [0.25, 0.3) is 0 Å². The maximum atomic E-state index is 10.2. The van der Waals surface area contributed by atoms with Crippen LogP contribution >= 0.6 is 11.6 Å². The van der Waals surface area contributed by atoms with E-state index in [0.717, 1.165) is 11.6 Å². The number of aliphatic carboxylic acids is 1. The van der Waals surface area contributed by atoms with Gasteiger partial charge in [0.2, 0.25) is 0 Å². The monoisotopic (exact) mass is 240 g/mol. The van der Waals surface area contributed by atoms with Crippen LogP contribution in [-0.2, 0) is 4.79 Å². The second-order valence-corrected chi connectivity index (χ2v) is 3.72. The molecule has 86 valence electrons. The van der Waals surface area contributed by atoms with Gasteiger partial charge in [-0.25, -0.2) is 4.79 Å². The summed E-state index contributed by atoms with van der Waals surface area (Å²) in [6.07, 6.45) is 3.18. The Morgan fingerprint density at radius 2 is 2.31 bits per heavy atom. The van der Waals surface area contributed by atoms with Crippen LogP contribution < -0.4 is 4.74 Å². The second kappa shape index (κ2) is 6.18. The number of hydrogen-bond donors (Lipinski definition) is 1. The molecule has 0 fully saturated rings. The van der Waals surface area contributed by atoms with Crippen molar-refractivity contribution >= 4 is 17.6 Å². The molecule has 0 bridgehead atoms. The summed E-state index contributed by atoms with van der Waals surface area (Å²) in [5.74, 6) is -0.320. The zero-order valence-corrected chi connectivity index (χ0v) is 9.70. The van der Waals surface area contributed by atoms with Gasteiger partial charge in [0, 0.05) is 6.08 Å². The molecule has 0 saturated carbocycles. The average Bonchev–Trinajstić information content (AvgIpc) is 2.22. The standard InChI is InChI=1S/C12H13ClO3/c1-9-5-6-10(13)11(8-9)16-7-3-2-4-12(14)15/h2,4-6,8H,3,7H2,1H3,(H,14,15)/b4-2+. The van der Waals surface area contributed by atoms with Crippen LogP contribution in [0.4, 0.5) is 0 Å². The fourth-order valence-electron chi connectivity index (χ4n) is 1.14. The Hall–Kier alpha value is -1.48. The SMILES string of the molecule is Cc1ccc(Cl)c(OCC/C=C/C(=O)O)c1. The summed E-state index contributed by atoms with van der Waals surface area (Å²) in [4.78, 5) is 10.2. The number of carboxylic acid groups (broad SMARTS) is 1. The molecule has 16 heavy (non-hydrogen) atoms. The van der Waals surface area contributed by atoms with E-state index in [0.29, 0.717) is 23.8 Å². The summed E-state index contributed by atoms with van der Waals surface area (Å²) < 4.78 is 5.42. The first-order valence-corrected chi connectivity index (χ1v) is 5.26. The van der Waals surface area contributed by atoms with Gasteiger partial charge in [-0.15, -0.1) is 0 Å². The van der Waals surface area contributed by atoms with E-state index in [2.05, 4.69) is 0 Å². The molecule has 0 heterocycles. The van der Waals surface area contributed by atoms with Gasteiger partial charge in [-0.1, -0.05) is 23.7 Å². The highest BCUT2D eigenvalue weighted by atomic mass is 35.5. The van der Waals surface area contributed by atoms with Crippen LogP contribution in [0.1, 0.15) is 12.0 Å². The van der Waals surface area contributed by atoms with Crippen molar-refractivity contribution in [3.8, 4) is 5.75 Å². The van der Waals surface area contributed by atoms with Crippen LogP contribution in [-0.4, -0.2) is 17.7 Å².